The van der Waals surface area contributed by atoms with E-state index in [1.165, 1.54) is 0 Å². The van der Waals surface area contributed by atoms with Crippen LogP contribution in [0, 0.1) is 12.3 Å². The second-order valence-electron chi connectivity index (χ2n) is 2.49. The molecule has 0 fully saturated rings. The Morgan fingerprint density at radius 1 is 1.43 bits per heavy atom. The summed E-state index contributed by atoms with van der Waals surface area (Å²) in [5.41, 5.74) is 0.120. The minimum absolute atomic E-state index is 0.120. The molecule has 0 aliphatic carbocycles. The Hall–Kier alpha value is -0.260. The van der Waals surface area contributed by atoms with Crippen molar-refractivity contribution in [3.63, 3.8) is 0 Å². The van der Waals surface area contributed by atoms with Crippen molar-refractivity contribution < 1.29 is 0 Å². The molecule has 0 heterocycles. The van der Waals surface area contributed by atoms with E-state index in [0.29, 0.717) is 0 Å². The van der Waals surface area contributed by atoms with Crippen LogP contribution >= 0.6 is 0 Å². The van der Waals surface area contributed by atoms with Gasteiger partial charge < -0.3 is 0 Å². The first-order chi connectivity index (χ1) is 3.06. The molecule has 0 N–H and O–H groups in total. The first kappa shape index (κ1) is 6.74. The molecule has 41 valence electrons. The lowest BCUT2D eigenvalue weighted by molar-refractivity contribution is 0.620. The van der Waals surface area contributed by atoms with Crippen molar-refractivity contribution in [3.05, 3.63) is 19.1 Å². The molecule has 0 unspecified atom stereocenters. The molecule has 0 aliphatic rings. The van der Waals surface area contributed by atoms with Gasteiger partial charge >= 0.3 is 0 Å². The molecule has 0 aromatic heterocycles. The zero-order valence-electron chi connectivity index (χ0n) is 5.36. The van der Waals surface area contributed by atoms with Gasteiger partial charge in [0, 0.05) is 0 Å². The van der Waals surface area contributed by atoms with Gasteiger partial charge in [-0.05, 0) is 19.3 Å². The Bertz CT molecular complexity index is 62.6. The topological polar surface area (TPSA) is 0 Å². The van der Waals surface area contributed by atoms with Gasteiger partial charge in [-0.15, -0.1) is 0 Å². The van der Waals surface area contributed by atoms with Crippen molar-refractivity contribution in [1.82, 2.24) is 0 Å². The summed E-state index contributed by atoms with van der Waals surface area (Å²) in [6.07, 6.45) is 4.10. The standard InChI is InChI=1S/C7H13/c1-5-6-7(2,3)4/h5-6H,2H2,1,3-4H3. The van der Waals surface area contributed by atoms with Crippen molar-refractivity contribution >= 4 is 0 Å². The van der Waals surface area contributed by atoms with E-state index in [0.717, 1.165) is 0 Å². The second-order valence-corrected chi connectivity index (χ2v) is 2.49. The molecule has 0 aromatic carbocycles. The first-order valence-electron chi connectivity index (χ1n) is 2.55. The highest BCUT2D eigenvalue weighted by Crippen LogP contribution is 2.12. The highest BCUT2D eigenvalue weighted by molar-refractivity contribution is 4.93. The minimum atomic E-state index is 0.120. The maximum Gasteiger partial charge on any atom is -0.0175 e. The lowest BCUT2D eigenvalue weighted by atomic mass is 9.97. The van der Waals surface area contributed by atoms with Gasteiger partial charge in [-0.25, -0.2) is 0 Å². The fraction of sp³-hybridized carbons (Fsp3) is 0.571. The largest absolute Gasteiger partial charge is 0.0911 e. The maximum absolute atomic E-state index is 3.87. The summed E-state index contributed by atoms with van der Waals surface area (Å²) in [6, 6.07) is 0. The second kappa shape index (κ2) is 2.15. The molecule has 0 heteroatoms. The molecule has 0 saturated heterocycles. The highest BCUT2D eigenvalue weighted by atomic mass is 14.1. The third-order valence-corrected chi connectivity index (χ3v) is 0.618. The van der Waals surface area contributed by atoms with Gasteiger partial charge in [0.2, 0.25) is 0 Å². The summed E-state index contributed by atoms with van der Waals surface area (Å²) in [6.45, 7) is 10.0. The SMILES string of the molecule is [CH2]C(C)(C)C=CC. The van der Waals surface area contributed by atoms with Gasteiger partial charge in [0.1, 0.15) is 0 Å². The predicted octanol–water partition coefficient (Wildman–Crippen LogP) is 2.42. The van der Waals surface area contributed by atoms with Gasteiger partial charge in [0.25, 0.3) is 0 Å². The maximum atomic E-state index is 3.87. The Morgan fingerprint density at radius 2 is 1.86 bits per heavy atom. The van der Waals surface area contributed by atoms with Crippen molar-refractivity contribution in [1.29, 1.82) is 0 Å². The normalized spacial score (nSPS) is 13.1. The van der Waals surface area contributed by atoms with E-state index in [1.54, 1.807) is 0 Å². The van der Waals surface area contributed by atoms with Crippen LogP contribution in [0.25, 0.3) is 0 Å². The fourth-order valence-corrected chi connectivity index (χ4v) is 0.451. The monoisotopic (exact) mass is 97.1 g/mol. The van der Waals surface area contributed by atoms with Crippen LogP contribution in [0.15, 0.2) is 12.2 Å². The van der Waals surface area contributed by atoms with Crippen LogP contribution < -0.4 is 0 Å². The van der Waals surface area contributed by atoms with Gasteiger partial charge in [-0.2, -0.15) is 0 Å². The third kappa shape index (κ3) is 5.74. The lowest BCUT2D eigenvalue weighted by Crippen LogP contribution is -1.97. The van der Waals surface area contributed by atoms with E-state index in [-0.39, 0.29) is 5.41 Å². The average Bonchev–Trinajstić information content (AvgIpc) is 1.30. The third-order valence-electron chi connectivity index (χ3n) is 0.618. The fourth-order valence-electron chi connectivity index (χ4n) is 0.451. The van der Waals surface area contributed by atoms with Crippen LogP contribution in [0.5, 0.6) is 0 Å². The van der Waals surface area contributed by atoms with Gasteiger partial charge in [-0.1, -0.05) is 26.0 Å². The molecular formula is C7H13. The van der Waals surface area contributed by atoms with Crippen LogP contribution in [-0.4, -0.2) is 0 Å². The number of allylic oxidation sites excluding steroid dienone is 2. The molecular weight excluding hydrogens is 84.1 g/mol. The molecule has 1 radical (unpaired) electrons. The van der Waals surface area contributed by atoms with Gasteiger partial charge in [-0.3, -0.25) is 0 Å². The zero-order valence-corrected chi connectivity index (χ0v) is 5.36. The van der Waals surface area contributed by atoms with Crippen molar-refractivity contribution in [2.24, 2.45) is 5.41 Å². The summed E-state index contributed by atoms with van der Waals surface area (Å²) in [5, 5.41) is 0. The van der Waals surface area contributed by atoms with Gasteiger partial charge in [0.15, 0.2) is 0 Å². The molecule has 0 amide bonds. The molecule has 0 saturated carbocycles. The molecule has 0 aromatic rings. The summed E-state index contributed by atoms with van der Waals surface area (Å²) in [4.78, 5) is 0. The Labute approximate surface area is 46.2 Å². The number of rotatable bonds is 1. The van der Waals surface area contributed by atoms with Gasteiger partial charge in [0.05, 0.1) is 0 Å². The minimum Gasteiger partial charge on any atom is -0.0911 e. The van der Waals surface area contributed by atoms with Crippen molar-refractivity contribution in [3.8, 4) is 0 Å². The summed E-state index contributed by atoms with van der Waals surface area (Å²) in [5.74, 6) is 0. The molecule has 0 atom stereocenters. The Balaban J connectivity index is 3.56. The predicted molar refractivity (Wildman–Crippen MR) is 34.0 cm³/mol. The molecule has 0 aliphatic heterocycles. The zero-order chi connectivity index (χ0) is 5.91. The first-order valence-corrected chi connectivity index (χ1v) is 2.55. The van der Waals surface area contributed by atoms with Crippen LogP contribution in [0.1, 0.15) is 20.8 Å². The highest BCUT2D eigenvalue weighted by Gasteiger charge is 2.01. The van der Waals surface area contributed by atoms with E-state index in [4.69, 9.17) is 0 Å². The summed E-state index contributed by atoms with van der Waals surface area (Å²) in [7, 11) is 0. The molecule has 0 spiro atoms. The smallest absolute Gasteiger partial charge is 0.0175 e. The van der Waals surface area contributed by atoms with E-state index >= 15 is 0 Å². The molecule has 0 nitrogen and oxygen atoms in total. The molecule has 7 heavy (non-hydrogen) atoms. The average molecular weight is 97.2 g/mol. The van der Waals surface area contributed by atoms with Crippen LogP contribution in [0.2, 0.25) is 0 Å². The summed E-state index contributed by atoms with van der Waals surface area (Å²) < 4.78 is 0. The van der Waals surface area contributed by atoms with E-state index in [2.05, 4.69) is 26.8 Å². The number of hydrogen-bond acceptors (Lipinski definition) is 0. The van der Waals surface area contributed by atoms with E-state index < -0.39 is 0 Å². The lowest BCUT2D eigenvalue weighted by Gasteiger charge is -2.09. The summed E-state index contributed by atoms with van der Waals surface area (Å²) >= 11 is 0. The van der Waals surface area contributed by atoms with Crippen molar-refractivity contribution in [2.75, 3.05) is 0 Å². The molecule has 0 rings (SSSR count). The van der Waals surface area contributed by atoms with Crippen molar-refractivity contribution in [2.45, 2.75) is 20.8 Å². The molecule has 0 bridgehead atoms. The number of hydrogen-bond donors (Lipinski definition) is 0. The van der Waals surface area contributed by atoms with Crippen LogP contribution in [-0.2, 0) is 0 Å². The van der Waals surface area contributed by atoms with Crippen LogP contribution in [0.3, 0.4) is 0 Å². The van der Waals surface area contributed by atoms with E-state index in [9.17, 15) is 0 Å². The quantitative estimate of drug-likeness (QED) is 0.441. The Morgan fingerprint density at radius 3 is 1.86 bits per heavy atom. The van der Waals surface area contributed by atoms with Crippen LogP contribution in [0.4, 0.5) is 0 Å². The van der Waals surface area contributed by atoms with E-state index in [1.807, 2.05) is 13.0 Å². The Kier molecular flexibility index (Phi) is 2.07.